The molecule has 0 heterocycles. The van der Waals surface area contributed by atoms with E-state index in [1.54, 1.807) is 0 Å². The fraction of sp³-hybridized carbons (Fsp3) is 0.263. The molecule has 6 aromatic rings. The molecule has 4 nitrogen and oxygen atoms in total. The van der Waals surface area contributed by atoms with Crippen LogP contribution in [0.25, 0.3) is 4.72 Å². The van der Waals surface area contributed by atoms with Gasteiger partial charge in [-0.25, -0.2) is 8.42 Å². The molecule has 2 N–H and O–H groups in total. The van der Waals surface area contributed by atoms with Crippen molar-refractivity contribution in [3.8, 4) is 0 Å². The van der Waals surface area contributed by atoms with Crippen LogP contribution in [0.5, 0.6) is 0 Å². The number of hydrogen-bond donors (Lipinski definition) is 1. The molecule has 0 aliphatic heterocycles. The van der Waals surface area contributed by atoms with Crippen molar-refractivity contribution < 1.29 is 133 Å². The zero-order chi connectivity index (χ0) is 66.1. The molecule has 0 spiro atoms. The number of halogens is 24. The van der Waals surface area contributed by atoms with E-state index in [0.29, 0.717) is 5.92 Å². The summed E-state index contributed by atoms with van der Waals surface area (Å²) < 4.78 is 368. The zero-order valence-corrected chi connectivity index (χ0v) is 47.5. The van der Waals surface area contributed by atoms with Crippen LogP contribution >= 0.6 is 0 Å². The molecule has 88 heavy (non-hydrogen) atoms. The Labute approximate surface area is 501 Å². The maximum absolute atomic E-state index is 14.2. The Kier molecular flexibility index (Phi) is 23.2. The molecular formula is C57H43BF24N2O2RuS. The minimum absolute atomic E-state index is 0. The van der Waals surface area contributed by atoms with Crippen LogP contribution in [0.15, 0.2) is 133 Å². The summed E-state index contributed by atoms with van der Waals surface area (Å²) >= 11 is 0. The Morgan fingerprint density at radius 2 is 0.614 bits per heavy atom. The van der Waals surface area contributed by atoms with E-state index in [4.69, 9.17) is 5.73 Å². The SMILES string of the molecule is CS(=O)(=O)[N-][C@@H](c1ccccc1)[C@@H](N)c1ccccc1.C[C]1[CH][CH][C](C(C)C)[CH][CH]1.FC(F)(F)c1cc([B-](c2cc(C(F)(F)F)cc(C(F)(F)F)c2)(c2cc(C(F)(F)F)cc(C(F)(F)F)c2)c2cc(C(F)(F)F)cc(C(F)(F)F)c2)cc(C(F)(F)F)c1.[Ru+2]. The molecule has 0 amide bonds. The molecule has 0 bridgehead atoms. The van der Waals surface area contributed by atoms with Gasteiger partial charge in [-0.15, -0.1) is 0 Å². The summed E-state index contributed by atoms with van der Waals surface area (Å²) in [7, 11) is -3.48. The van der Waals surface area contributed by atoms with Crippen LogP contribution in [-0.2, 0) is 78.9 Å². The van der Waals surface area contributed by atoms with E-state index in [0.717, 1.165) is 17.4 Å². The van der Waals surface area contributed by atoms with E-state index in [9.17, 15) is 114 Å². The number of nitrogens with two attached hydrogens (primary N) is 1. The third-order valence-electron chi connectivity index (χ3n) is 13.2. The van der Waals surface area contributed by atoms with Crippen LogP contribution in [0.4, 0.5) is 105 Å². The van der Waals surface area contributed by atoms with Crippen LogP contribution in [0.3, 0.4) is 0 Å². The first kappa shape index (κ1) is 74.7. The summed E-state index contributed by atoms with van der Waals surface area (Å²) in [6.45, 7) is 6.54. The van der Waals surface area contributed by atoms with Crippen LogP contribution in [-0.4, -0.2) is 20.8 Å². The summed E-state index contributed by atoms with van der Waals surface area (Å²) in [5, 5.41) is 0. The fourth-order valence-corrected chi connectivity index (χ4v) is 9.74. The van der Waals surface area contributed by atoms with Crippen molar-refractivity contribution in [3.05, 3.63) is 231 Å². The second kappa shape index (κ2) is 27.3. The molecule has 0 saturated heterocycles. The molecule has 0 aromatic heterocycles. The number of nitrogens with zero attached hydrogens (tertiary/aromatic N) is 1. The second-order valence-electron chi connectivity index (χ2n) is 19.9. The Balaban J connectivity index is 0.000000432. The molecule has 2 atom stereocenters. The molecule has 478 valence electrons. The van der Waals surface area contributed by atoms with Gasteiger partial charge in [0.1, 0.15) is 6.15 Å². The number of alkyl halides is 24. The summed E-state index contributed by atoms with van der Waals surface area (Å²) in [5.74, 6) is 3.41. The minimum Gasteiger partial charge on any atom is -0.541 e. The number of rotatable bonds is 10. The van der Waals surface area contributed by atoms with E-state index in [2.05, 4.69) is 51.2 Å². The Morgan fingerprint density at radius 1 is 0.386 bits per heavy atom. The van der Waals surface area contributed by atoms with Crippen LogP contribution in [0, 0.1) is 43.4 Å². The zero-order valence-electron chi connectivity index (χ0n) is 45.0. The largest absolute Gasteiger partial charge is 2.00 e. The first-order chi connectivity index (χ1) is 39.4. The van der Waals surface area contributed by atoms with Crippen LogP contribution in [0.1, 0.15) is 88.5 Å². The molecule has 1 saturated carbocycles. The van der Waals surface area contributed by atoms with Gasteiger partial charge in [0.05, 0.1) is 54.5 Å². The van der Waals surface area contributed by atoms with Crippen LogP contribution < -0.4 is 27.6 Å². The number of sulfonamides is 1. The van der Waals surface area contributed by atoms with Gasteiger partial charge in [0.25, 0.3) is 0 Å². The van der Waals surface area contributed by atoms with Gasteiger partial charge in [-0.1, -0.05) is 142 Å². The van der Waals surface area contributed by atoms with Crippen molar-refractivity contribution in [3.63, 3.8) is 0 Å². The van der Waals surface area contributed by atoms with Crippen molar-refractivity contribution in [1.82, 2.24) is 0 Å². The van der Waals surface area contributed by atoms with Gasteiger partial charge in [0.2, 0.25) is 0 Å². The molecule has 6 aromatic carbocycles. The van der Waals surface area contributed by atoms with Crippen molar-refractivity contribution in [2.75, 3.05) is 6.26 Å². The van der Waals surface area contributed by atoms with E-state index in [-0.39, 0.29) is 19.5 Å². The first-order valence-electron chi connectivity index (χ1n) is 24.6. The topological polar surface area (TPSA) is 74.3 Å². The standard InChI is InChI=1S/C32H12BF24.C15H17N2O2S.C10H14.Ru/c34-25(35,36)13-1-14(26(37,38)39)6-21(5-13)33(22-7-15(27(40,41)42)2-16(8-22)28(43,44)45,23-9-17(29(46,47)48)3-18(10-23)30(49,50)51)24-11-19(31(52,53)54)4-20(12-24)32(55,56)57;1-20(18,19)17-15(13-10-6-3-7-11-13)14(16)12-8-4-2-5-9-12;1-8(2)10-6-4-9(3)5-7-10;/h1-12H;2-11,14-15H,16H2,1H3;4-8H,1-3H3;/q2*-1;;+2/t;14-,15-;;/m.0../s1. The fourth-order valence-electron chi connectivity index (χ4n) is 9.07. The predicted octanol–water partition coefficient (Wildman–Crippen LogP) is 16.6. The molecular weight excluding hydrogens is 1340 g/mol. The van der Waals surface area contributed by atoms with Gasteiger partial charge in [-0.3, -0.25) is 0 Å². The first-order valence-corrected chi connectivity index (χ1v) is 26.5. The normalized spacial score (nSPS) is 15.3. The van der Waals surface area contributed by atoms with E-state index in [1.165, 1.54) is 11.8 Å². The van der Waals surface area contributed by atoms with Gasteiger partial charge >= 0.3 is 68.9 Å². The van der Waals surface area contributed by atoms with Gasteiger partial charge < -0.3 is 10.5 Å². The van der Waals surface area contributed by atoms with E-state index in [1.807, 2.05) is 60.7 Å². The molecule has 1 aliphatic carbocycles. The molecule has 6 radical (unpaired) electrons. The van der Waals surface area contributed by atoms with Crippen molar-refractivity contribution in [2.45, 2.75) is 82.3 Å². The minimum atomic E-state index is -6.13. The quantitative estimate of drug-likeness (QED) is 0.110. The van der Waals surface area contributed by atoms with Crippen molar-refractivity contribution >= 4 is 38.0 Å². The smallest absolute Gasteiger partial charge is 0.541 e. The maximum atomic E-state index is 14.2. The average molecular weight is 1390 g/mol. The van der Waals surface area contributed by atoms with Gasteiger partial charge in [0, 0.05) is 12.3 Å². The predicted molar refractivity (Wildman–Crippen MR) is 275 cm³/mol. The molecule has 7 rings (SSSR count). The number of hydrogen-bond acceptors (Lipinski definition) is 3. The Hall–Kier alpha value is -5.80. The van der Waals surface area contributed by atoms with Gasteiger partial charge in [-0.2, -0.15) is 127 Å². The van der Waals surface area contributed by atoms with Gasteiger partial charge in [-0.05, 0) is 73.3 Å². The number of benzene rings is 6. The van der Waals surface area contributed by atoms with Gasteiger partial charge in [0.15, 0.2) is 0 Å². The Bertz CT molecular complexity index is 2970. The molecule has 31 heteroatoms. The molecule has 1 fully saturated rings. The maximum Gasteiger partial charge on any atom is 2.00 e. The second-order valence-corrected chi connectivity index (χ2v) is 21.6. The average Bonchev–Trinajstić information content (AvgIpc) is 1.15. The third-order valence-corrected chi connectivity index (χ3v) is 13.8. The summed E-state index contributed by atoms with van der Waals surface area (Å²) in [5.41, 5.74) is -22.3. The van der Waals surface area contributed by atoms with Crippen molar-refractivity contribution in [1.29, 1.82) is 0 Å². The van der Waals surface area contributed by atoms with Crippen molar-refractivity contribution in [2.24, 2.45) is 11.7 Å². The Morgan fingerprint density at radius 3 is 0.818 bits per heavy atom. The molecule has 1 aliphatic rings. The third kappa shape index (κ3) is 19.4. The summed E-state index contributed by atoms with van der Waals surface area (Å²) in [6.07, 6.45) is -45.0. The van der Waals surface area contributed by atoms with Crippen LogP contribution in [0.2, 0.25) is 0 Å². The van der Waals surface area contributed by atoms with E-state index >= 15 is 0 Å². The van der Waals surface area contributed by atoms with E-state index < -0.39 is 217 Å². The summed E-state index contributed by atoms with van der Waals surface area (Å²) in [6, 6.07) is 8.68. The monoisotopic (exact) mass is 1390 g/mol. The summed E-state index contributed by atoms with van der Waals surface area (Å²) in [4.78, 5) is 0. The molecule has 0 unspecified atom stereocenters.